The van der Waals surface area contributed by atoms with E-state index in [2.05, 4.69) is 10.3 Å². The Balaban J connectivity index is 1.93. The normalized spacial score (nSPS) is 18.9. The quantitative estimate of drug-likeness (QED) is 0.893. The van der Waals surface area contributed by atoms with E-state index in [1.807, 2.05) is 24.6 Å². The first-order valence-electron chi connectivity index (χ1n) is 7.11. The number of fused-ring (bicyclic) bond motifs is 1. The van der Waals surface area contributed by atoms with Gasteiger partial charge in [-0.2, -0.15) is 0 Å². The third-order valence-electron chi connectivity index (χ3n) is 3.95. The number of rotatable bonds is 2. The summed E-state index contributed by atoms with van der Waals surface area (Å²) in [6.45, 7) is 2.97. The van der Waals surface area contributed by atoms with Gasteiger partial charge in [0.05, 0.1) is 17.4 Å². The van der Waals surface area contributed by atoms with E-state index in [9.17, 15) is 9.59 Å². The van der Waals surface area contributed by atoms with Crippen LogP contribution in [-0.4, -0.2) is 45.4 Å². The smallest absolute Gasteiger partial charge is 0.254 e. The number of benzene rings is 1. The molecule has 2 aromatic rings. The first-order chi connectivity index (χ1) is 10.1. The predicted octanol–water partition coefficient (Wildman–Crippen LogP) is 0.924. The highest BCUT2D eigenvalue weighted by Crippen LogP contribution is 2.18. The Labute approximate surface area is 122 Å². The molecule has 0 bridgehead atoms. The van der Waals surface area contributed by atoms with E-state index in [0.717, 1.165) is 11.0 Å². The van der Waals surface area contributed by atoms with Crippen LogP contribution in [-0.2, 0) is 11.8 Å². The van der Waals surface area contributed by atoms with Gasteiger partial charge < -0.3 is 14.8 Å². The first kappa shape index (κ1) is 13.6. The van der Waals surface area contributed by atoms with E-state index in [0.29, 0.717) is 25.1 Å². The third kappa shape index (κ3) is 2.26. The summed E-state index contributed by atoms with van der Waals surface area (Å²) in [5.41, 5.74) is 2.35. The number of nitrogens with zero attached hydrogens (tertiary/aromatic N) is 3. The average Bonchev–Trinajstić information content (AvgIpc) is 2.87. The van der Waals surface area contributed by atoms with Gasteiger partial charge in [0.1, 0.15) is 6.04 Å². The lowest BCUT2D eigenvalue weighted by molar-refractivity contribution is -0.127. The van der Waals surface area contributed by atoms with Crippen molar-refractivity contribution in [1.82, 2.24) is 19.8 Å². The molecule has 2 amide bonds. The van der Waals surface area contributed by atoms with Gasteiger partial charge in [-0.3, -0.25) is 9.59 Å². The molecule has 0 saturated carbocycles. The molecule has 3 rings (SSSR count). The van der Waals surface area contributed by atoms with Crippen molar-refractivity contribution < 1.29 is 9.59 Å². The lowest BCUT2D eigenvalue weighted by Gasteiger charge is -2.34. The Bertz CT molecular complexity index is 707. The van der Waals surface area contributed by atoms with Crippen molar-refractivity contribution in [2.45, 2.75) is 19.4 Å². The molecular formula is C15H18N4O2. The molecule has 2 heterocycles. The minimum absolute atomic E-state index is 0.0731. The van der Waals surface area contributed by atoms with E-state index in [4.69, 9.17) is 0 Å². The number of aromatic nitrogens is 2. The fraction of sp³-hybridized carbons (Fsp3) is 0.400. The molecule has 1 aliphatic rings. The summed E-state index contributed by atoms with van der Waals surface area (Å²) >= 11 is 0. The molecule has 6 heteroatoms. The molecule has 6 nitrogen and oxygen atoms in total. The predicted molar refractivity (Wildman–Crippen MR) is 78.8 cm³/mol. The van der Waals surface area contributed by atoms with E-state index in [1.165, 1.54) is 0 Å². The number of amides is 2. The van der Waals surface area contributed by atoms with Gasteiger partial charge in [-0.25, -0.2) is 4.98 Å². The molecule has 1 saturated heterocycles. The lowest BCUT2D eigenvalue weighted by atomic mass is 10.1. The number of nitrogens with one attached hydrogen (secondary N) is 1. The number of aryl methyl sites for hydroxylation is 1. The summed E-state index contributed by atoms with van der Waals surface area (Å²) in [4.78, 5) is 30.5. The van der Waals surface area contributed by atoms with Gasteiger partial charge in [0, 0.05) is 25.7 Å². The standard InChI is InChI=1S/C15H18N4O2/c1-3-12-14(20)16-6-7-19(12)15(21)10-4-5-13-11(8-10)17-9-18(13)2/h4-5,8-9,12H,3,6-7H2,1-2H3,(H,16,20)/t12-/m1/s1. The first-order valence-corrected chi connectivity index (χ1v) is 7.11. The van der Waals surface area contributed by atoms with Crippen molar-refractivity contribution in [3.8, 4) is 0 Å². The van der Waals surface area contributed by atoms with Crippen LogP contribution < -0.4 is 5.32 Å². The second kappa shape index (κ2) is 5.20. The van der Waals surface area contributed by atoms with E-state index in [1.54, 1.807) is 23.4 Å². The van der Waals surface area contributed by atoms with E-state index >= 15 is 0 Å². The van der Waals surface area contributed by atoms with Crippen molar-refractivity contribution in [3.63, 3.8) is 0 Å². The van der Waals surface area contributed by atoms with Gasteiger partial charge in [-0.05, 0) is 24.6 Å². The van der Waals surface area contributed by atoms with Crippen LogP contribution in [0.2, 0.25) is 0 Å². The van der Waals surface area contributed by atoms with Crippen molar-refractivity contribution in [2.24, 2.45) is 7.05 Å². The Morgan fingerprint density at radius 2 is 2.29 bits per heavy atom. The van der Waals surface area contributed by atoms with Crippen LogP contribution in [0, 0.1) is 0 Å². The fourth-order valence-corrected chi connectivity index (χ4v) is 2.80. The van der Waals surface area contributed by atoms with Gasteiger partial charge in [0.15, 0.2) is 0 Å². The number of hydrogen-bond donors (Lipinski definition) is 1. The maximum Gasteiger partial charge on any atom is 0.254 e. The average molecular weight is 286 g/mol. The molecule has 1 aliphatic heterocycles. The number of piperazine rings is 1. The fourth-order valence-electron chi connectivity index (χ4n) is 2.80. The second-order valence-electron chi connectivity index (χ2n) is 5.27. The molecule has 0 unspecified atom stereocenters. The molecule has 0 radical (unpaired) electrons. The van der Waals surface area contributed by atoms with E-state index in [-0.39, 0.29) is 17.9 Å². The van der Waals surface area contributed by atoms with E-state index < -0.39 is 0 Å². The summed E-state index contributed by atoms with van der Waals surface area (Å²) in [5.74, 6) is -0.180. The summed E-state index contributed by atoms with van der Waals surface area (Å²) in [6, 6.07) is 5.09. The number of carbonyl (C=O) groups excluding carboxylic acids is 2. The highest BCUT2D eigenvalue weighted by molar-refractivity contribution is 6.00. The number of carbonyl (C=O) groups is 2. The summed E-state index contributed by atoms with van der Waals surface area (Å²) in [7, 11) is 1.92. The molecule has 1 aromatic heterocycles. The van der Waals surface area contributed by atoms with Crippen LogP contribution in [0.1, 0.15) is 23.7 Å². The minimum atomic E-state index is -0.384. The number of hydrogen-bond acceptors (Lipinski definition) is 3. The Kier molecular flexibility index (Phi) is 3.37. The van der Waals surface area contributed by atoms with Crippen LogP contribution in [0.5, 0.6) is 0 Å². The van der Waals surface area contributed by atoms with Gasteiger partial charge in [-0.15, -0.1) is 0 Å². The monoisotopic (exact) mass is 286 g/mol. The van der Waals surface area contributed by atoms with Crippen molar-refractivity contribution in [3.05, 3.63) is 30.1 Å². The minimum Gasteiger partial charge on any atom is -0.353 e. The topological polar surface area (TPSA) is 67.2 Å². The summed E-state index contributed by atoms with van der Waals surface area (Å²) < 4.78 is 1.91. The molecule has 110 valence electrons. The molecule has 1 fully saturated rings. The van der Waals surface area contributed by atoms with Gasteiger partial charge >= 0.3 is 0 Å². The van der Waals surface area contributed by atoms with Gasteiger partial charge in [0.25, 0.3) is 5.91 Å². The molecule has 1 atom stereocenters. The third-order valence-corrected chi connectivity index (χ3v) is 3.95. The zero-order valence-electron chi connectivity index (χ0n) is 12.2. The van der Waals surface area contributed by atoms with Crippen LogP contribution in [0.25, 0.3) is 11.0 Å². The second-order valence-corrected chi connectivity index (χ2v) is 5.27. The molecule has 21 heavy (non-hydrogen) atoms. The maximum absolute atomic E-state index is 12.7. The Hall–Kier alpha value is -2.37. The Morgan fingerprint density at radius 1 is 1.48 bits per heavy atom. The van der Waals surface area contributed by atoms with Gasteiger partial charge in [0.2, 0.25) is 5.91 Å². The van der Waals surface area contributed by atoms with Gasteiger partial charge in [-0.1, -0.05) is 6.92 Å². The van der Waals surface area contributed by atoms with Crippen LogP contribution >= 0.6 is 0 Å². The molecule has 1 aromatic carbocycles. The lowest BCUT2D eigenvalue weighted by Crippen LogP contribution is -2.56. The van der Waals surface area contributed by atoms with Crippen molar-refractivity contribution in [1.29, 1.82) is 0 Å². The number of imidazole rings is 1. The zero-order chi connectivity index (χ0) is 15.0. The molecule has 0 spiro atoms. The largest absolute Gasteiger partial charge is 0.353 e. The molecule has 1 N–H and O–H groups in total. The van der Waals surface area contributed by atoms with Crippen LogP contribution in [0.3, 0.4) is 0 Å². The SMILES string of the molecule is CC[C@@H]1C(=O)NCCN1C(=O)c1ccc2c(c1)ncn2C. The Morgan fingerprint density at radius 3 is 3.05 bits per heavy atom. The van der Waals surface area contributed by atoms with Crippen molar-refractivity contribution >= 4 is 22.8 Å². The molecule has 0 aliphatic carbocycles. The highest BCUT2D eigenvalue weighted by Gasteiger charge is 2.32. The van der Waals surface area contributed by atoms with Crippen LogP contribution in [0.15, 0.2) is 24.5 Å². The summed E-state index contributed by atoms with van der Waals surface area (Å²) in [6.07, 6.45) is 2.34. The zero-order valence-corrected chi connectivity index (χ0v) is 12.2. The maximum atomic E-state index is 12.7. The highest BCUT2D eigenvalue weighted by atomic mass is 16.2. The van der Waals surface area contributed by atoms with Crippen molar-refractivity contribution in [2.75, 3.05) is 13.1 Å². The van der Waals surface area contributed by atoms with Crippen LogP contribution in [0.4, 0.5) is 0 Å². The molecular weight excluding hydrogens is 268 g/mol. The summed E-state index contributed by atoms with van der Waals surface area (Å²) in [5, 5.41) is 2.80.